The van der Waals surface area contributed by atoms with Crippen molar-refractivity contribution in [3.05, 3.63) is 77.4 Å². The van der Waals surface area contributed by atoms with Crippen molar-refractivity contribution in [1.82, 2.24) is 15.0 Å². The van der Waals surface area contributed by atoms with Gasteiger partial charge in [0.25, 0.3) is 5.89 Å². The Kier molecular flexibility index (Phi) is 5.89. The summed E-state index contributed by atoms with van der Waals surface area (Å²) in [7, 11) is 0. The molecule has 0 atom stereocenters. The zero-order chi connectivity index (χ0) is 20.1. The number of aryl methyl sites for hydroxylation is 2. The first-order chi connectivity index (χ1) is 14.2. The van der Waals surface area contributed by atoms with E-state index in [4.69, 9.17) is 9.26 Å². The van der Waals surface area contributed by atoms with E-state index in [9.17, 15) is 4.79 Å². The molecule has 0 saturated carbocycles. The highest BCUT2D eigenvalue weighted by Crippen LogP contribution is 2.26. The predicted octanol–water partition coefficient (Wildman–Crippen LogP) is 3.91. The molecule has 0 unspecified atom stereocenters. The maximum atomic E-state index is 12.3. The van der Waals surface area contributed by atoms with Crippen molar-refractivity contribution in [3.8, 4) is 5.75 Å². The standard InChI is InChI=1S/C23H25N3O3/c1-17-8-5-6-12-20(17)28-16-21-24-23(25-29-21)19-14-26(15-19)22(27)13-7-11-18-9-3-2-4-10-18/h2-6,8-10,12,19H,7,11,13-16H2,1H3. The van der Waals surface area contributed by atoms with Crippen LogP contribution in [0, 0.1) is 6.92 Å². The second kappa shape index (κ2) is 8.90. The molecule has 1 aromatic heterocycles. The predicted molar refractivity (Wildman–Crippen MR) is 109 cm³/mol. The largest absolute Gasteiger partial charge is 0.483 e. The minimum Gasteiger partial charge on any atom is -0.483 e. The Morgan fingerprint density at radius 2 is 1.90 bits per heavy atom. The normalized spacial score (nSPS) is 13.9. The molecule has 2 aromatic carbocycles. The maximum absolute atomic E-state index is 12.3. The molecule has 0 N–H and O–H groups in total. The molecule has 6 nitrogen and oxygen atoms in total. The summed E-state index contributed by atoms with van der Waals surface area (Å²) in [5, 5.41) is 4.06. The number of likely N-dealkylation sites (tertiary alicyclic amines) is 1. The molecule has 1 saturated heterocycles. The summed E-state index contributed by atoms with van der Waals surface area (Å²) in [6.45, 7) is 3.55. The highest BCUT2D eigenvalue weighted by atomic mass is 16.5. The van der Waals surface area contributed by atoms with Gasteiger partial charge in [0, 0.05) is 19.5 Å². The first kappa shape index (κ1) is 19.2. The van der Waals surface area contributed by atoms with Crippen molar-refractivity contribution >= 4 is 5.91 Å². The molecule has 0 spiro atoms. The van der Waals surface area contributed by atoms with E-state index in [2.05, 4.69) is 22.3 Å². The van der Waals surface area contributed by atoms with E-state index in [1.807, 2.05) is 54.3 Å². The zero-order valence-electron chi connectivity index (χ0n) is 16.6. The molecule has 1 aliphatic heterocycles. The number of hydrogen-bond donors (Lipinski definition) is 0. The van der Waals surface area contributed by atoms with Gasteiger partial charge in [-0.05, 0) is 37.0 Å². The quantitative estimate of drug-likeness (QED) is 0.582. The van der Waals surface area contributed by atoms with Gasteiger partial charge >= 0.3 is 0 Å². The van der Waals surface area contributed by atoms with E-state index in [0.29, 0.717) is 31.2 Å². The smallest absolute Gasteiger partial charge is 0.264 e. The van der Waals surface area contributed by atoms with Gasteiger partial charge in [0.1, 0.15) is 5.75 Å². The van der Waals surface area contributed by atoms with Gasteiger partial charge in [-0.1, -0.05) is 53.7 Å². The lowest BCUT2D eigenvalue weighted by molar-refractivity contribution is -0.135. The zero-order valence-corrected chi connectivity index (χ0v) is 16.6. The van der Waals surface area contributed by atoms with Crippen molar-refractivity contribution < 1.29 is 14.1 Å². The molecule has 3 aromatic rings. The molecule has 150 valence electrons. The third-order valence-corrected chi connectivity index (χ3v) is 5.23. The van der Waals surface area contributed by atoms with Crippen LogP contribution in [-0.4, -0.2) is 34.0 Å². The number of benzene rings is 2. The first-order valence-corrected chi connectivity index (χ1v) is 10.0. The molecule has 1 aliphatic rings. The summed E-state index contributed by atoms with van der Waals surface area (Å²) in [5.41, 5.74) is 2.33. The Hall–Kier alpha value is -3.15. The van der Waals surface area contributed by atoms with Gasteiger partial charge in [-0.25, -0.2) is 0 Å². The van der Waals surface area contributed by atoms with Crippen LogP contribution < -0.4 is 4.74 Å². The van der Waals surface area contributed by atoms with Crippen molar-refractivity contribution in [3.63, 3.8) is 0 Å². The minimum absolute atomic E-state index is 0.143. The molecule has 0 aliphatic carbocycles. The van der Waals surface area contributed by atoms with E-state index in [1.165, 1.54) is 5.56 Å². The number of amides is 1. The Labute approximate surface area is 170 Å². The van der Waals surface area contributed by atoms with Gasteiger partial charge in [0.2, 0.25) is 5.91 Å². The lowest BCUT2D eigenvalue weighted by Crippen LogP contribution is -2.48. The van der Waals surface area contributed by atoms with Crippen molar-refractivity contribution in [1.29, 1.82) is 0 Å². The van der Waals surface area contributed by atoms with Gasteiger partial charge in [0.15, 0.2) is 12.4 Å². The van der Waals surface area contributed by atoms with Gasteiger partial charge in [-0.2, -0.15) is 4.98 Å². The minimum atomic E-state index is 0.143. The number of hydrogen-bond acceptors (Lipinski definition) is 5. The second-order valence-electron chi connectivity index (χ2n) is 7.44. The summed E-state index contributed by atoms with van der Waals surface area (Å²) in [6, 6.07) is 18.1. The fourth-order valence-electron chi connectivity index (χ4n) is 3.44. The lowest BCUT2D eigenvalue weighted by atomic mass is 9.98. The fraction of sp³-hybridized carbons (Fsp3) is 0.348. The van der Waals surface area contributed by atoms with Gasteiger partial charge in [0.05, 0.1) is 5.92 Å². The average Bonchev–Trinajstić information content (AvgIpc) is 3.15. The molecule has 1 amide bonds. The molecule has 1 fully saturated rings. The average molecular weight is 391 g/mol. The Morgan fingerprint density at radius 3 is 2.69 bits per heavy atom. The van der Waals surface area contributed by atoms with Gasteiger partial charge < -0.3 is 14.2 Å². The molecular weight excluding hydrogens is 366 g/mol. The summed E-state index contributed by atoms with van der Waals surface area (Å²) in [6.07, 6.45) is 2.37. The van der Waals surface area contributed by atoms with E-state index in [0.717, 1.165) is 24.2 Å². The highest BCUT2D eigenvalue weighted by molar-refractivity contribution is 5.77. The van der Waals surface area contributed by atoms with E-state index in [1.54, 1.807) is 0 Å². The number of para-hydroxylation sites is 1. The van der Waals surface area contributed by atoms with Crippen LogP contribution in [0.25, 0.3) is 0 Å². The van der Waals surface area contributed by atoms with Crippen LogP contribution in [0.3, 0.4) is 0 Å². The van der Waals surface area contributed by atoms with Gasteiger partial charge in [-0.15, -0.1) is 0 Å². The summed E-state index contributed by atoms with van der Waals surface area (Å²) < 4.78 is 11.1. The topological polar surface area (TPSA) is 68.5 Å². The lowest BCUT2D eigenvalue weighted by Gasteiger charge is -2.37. The number of rotatable bonds is 8. The van der Waals surface area contributed by atoms with Crippen molar-refractivity contribution in [2.24, 2.45) is 0 Å². The van der Waals surface area contributed by atoms with Crippen LogP contribution in [-0.2, 0) is 17.8 Å². The number of aromatic nitrogens is 2. The van der Waals surface area contributed by atoms with Crippen LogP contribution in [0.2, 0.25) is 0 Å². The van der Waals surface area contributed by atoms with Crippen molar-refractivity contribution in [2.75, 3.05) is 13.1 Å². The van der Waals surface area contributed by atoms with E-state index >= 15 is 0 Å². The summed E-state index contributed by atoms with van der Waals surface area (Å²) >= 11 is 0. The second-order valence-corrected chi connectivity index (χ2v) is 7.44. The molecule has 0 bridgehead atoms. The SMILES string of the molecule is Cc1ccccc1OCc1nc(C2CN(C(=O)CCCc3ccccc3)C2)no1. The molecular formula is C23H25N3O3. The number of carbonyl (C=O) groups is 1. The molecule has 4 rings (SSSR count). The monoisotopic (exact) mass is 391 g/mol. The Morgan fingerprint density at radius 1 is 1.14 bits per heavy atom. The molecule has 0 radical (unpaired) electrons. The Balaban J connectivity index is 1.20. The van der Waals surface area contributed by atoms with Crippen LogP contribution >= 0.6 is 0 Å². The molecule has 6 heteroatoms. The van der Waals surface area contributed by atoms with Crippen LogP contribution in [0.4, 0.5) is 0 Å². The number of nitrogens with zero attached hydrogens (tertiary/aromatic N) is 3. The maximum Gasteiger partial charge on any atom is 0.264 e. The highest BCUT2D eigenvalue weighted by Gasteiger charge is 2.34. The van der Waals surface area contributed by atoms with Gasteiger partial charge in [-0.3, -0.25) is 4.79 Å². The third-order valence-electron chi connectivity index (χ3n) is 5.23. The molecule has 2 heterocycles. The van der Waals surface area contributed by atoms with E-state index in [-0.39, 0.29) is 18.4 Å². The fourth-order valence-corrected chi connectivity index (χ4v) is 3.44. The number of ether oxygens (including phenoxy) is 1. The Bertz CT molecular complexity index is 949. The van der Waals surface area contributed by atoms with Crippen LogP contribution in [0.15, 0.2) is 59.1 Å². The summed E-state index contributed by atoms with van der Waals surface area (Å²) in [4.78, 5) is 18.6. The first-order valence-electron chi connectivity index (χ1n) is 10.0. The number of carbonyl (C=O) groups excluding carboxylic acids is 1. The third kappa shape index (κ3) is 4.83. The molecule has 29 heavy (non-hydrogen) atoms. The van der Waals surface area contributed by atoms with Crippen LogP contribution in [0.1, 0.15) is 41.6 Å². The summed E-state index contributed by atoms with van der Waals surface area (Å²) in [5.74, 6) is 2.26. The van der Waals surface area contributed by atoms with Crippen LogP contribution in [0.5, 0.6) is 5.75 Å². The van der Waals surface area contributed by atoms with Crippen molar-refractivity contribution in [2.45, 2.75) is 38.7 Å². The van der Waals surface area contributed by atoms with E-state index < -0.39 is 0 Å².